The van der Waals surface area contributed by atoms with Gasteiger partial charge in [-0.25, -0.2) is 0 Å². The molecule has 2 aromatic carbocycles. The van der Waals surface area contributed by atoms with Crippen molar-refractivity contribution in [2.24, 2.45) is 0 Å². The largest absolute Gasteiger partial charge is 0.480 e. The zero-order valence-corrected chi connectivity index (χ0v) is 13.8. The molecule has 2 rings (SSSR count). The third kappa shape index (κ3) is 5.54. The van der Waals surface area contributed by atoms with Crippen LogP contribution in [0.25, 0.3) is 10.8 Å². The van der Waals surface area contributed by atoms with Gasteiger partial charge in [-0.15, -0.1) is 12.4 Å². The zero-order valence-electron chi connectivity index (χ0n) is 13.0. The number of carbonyl (C=O) groups excluding carboxylic acids is 1. The van der Waals surface area contributed by atoms with Gasteiger partial charge in [0.1, 0.15) is 0 Å². The van der Waals surface area contributed by atoms with Crippen LogP contribution in [-0.2, 0) is 9.59 Å². The molecule has 0 aliphatic carbocycles. The maximum absolute atomic E-state index is 12.2. The number of fused-ring (bicyclic) bond motifs is 1. The Hall–Kier alpha value is -2.11. The molecule has 2 aromatic rings. The molecule has 0 radical (unpaired) electrons. The number of hydrogen-bond acceptors (Lipinski definition) is 3. The molecule has 0 aliphatic rings. The molecule has 5 nitrogen and oxygen atoms in total. The van der Waals surface area contributed by atoms with Gasteiger partial charge in [0, 0.05) is 11.1 Å². The molecule has 0 bridgehead atoms. The van der Waals surface area contributed by atoms with Crippen LogP contribution in [0.15, 0.2) is 42.5 Å². The Bertz CT molecular complexity index is 670. The Morgan fingerprint density at radius 3 is 2.48 bits per heavy atom. The van der Waals surface area contributed by atoms with Gasteiger partial charge in [-0.2, -0.15) is 0 Å². The van der Waals surface area contributed by atoms with Crippen LogP contribution >= 0.6 is 12.4 Å². The molecule has 0 aliphatic heterocycles. The topological polar surface area (TPSA) is 69.6 Å². The van der Waals surface area contributed by atoms with Crippen molar-refractivity contribution in [1.29, 1.82) is 0 Å². The fourth-order valence-corrected chi connectivity index (χ4v) is 2.45. The summed E-state index contributed by atoms with van der Waals surface area (Å²) in [5.41, 5.74) is 0.745. The summed E-state index contributed by atoms with van der Waals surface area (Å²) in [6.45, 7) is 2.48. The Morgan fingerprint density at radius 2 is 1.78 bits per heavy atom. The second-order valence-corrected chi connectivity index (χ2v) is 5.18. The van der Waals surface area contributed by atoms with Crippen LogP contribution in [0.2, 0.25) is 0 Å². The third-order valence-corrected chi connectivity index (χ3v) is 3.33. The number of amides is 1. The molecule has 0 saturated carbocycles. The second kappa shape index (κ2) is 9.12. The van der Waals surface area contributed by atoms with E-state index in [1.807, 2.05) is 49.4 Å². The first kappa shape index (κ1) is 18.9. The van der Waals surface area contributed by atoms with E-state index in [1.54, 1.807) is 4.90 Å². The van der Waals surface area contributed by atoms with Gasteiger partial charge in [0.15, 0.2) is 0 Å². The van der Waals surface area contributed by atoms with Crippen molar-refractivity contribution >= 4 is 40.7 Å². The van der Waals surface area contributed by atoms with Gasteiger partial charge in [-0.1, -0.05) is 43.3 Å². The van der Waals surface area contributed by atoms with Gasteiger partial charge < -0.3 is 10.4 Å². The Labute approximate surface area is 141 Å². The van der Waals surface area contributed by atoms with Crippen LogP contribution in [0, 0.1) is 0 Å². The maximum Gasteiger partial charge on any atom is 0.317 e. The lowest BCUT2D eigenvalue weighted by Gasteiger charge is -2.19. The van der Waals surface area contributed by atoms with E-state index in [9.17, 15) is 9.59 Å². The second-order valence-electron chi connectivity index (χ2n) is 5.18. The van der Waals surface area contributed by atoms with Gasteiger partial charge in [0.05, 0.1) is 13.1 Å². The van der Waals surface area contributed by atoms with Crippen molar-refractivity contribution in [2.45, 2.75) is 13.3 Å². The predicted molar refractivity (Wildman–Crippen MR) is 94.2 cm³/mol. The van der Waals surface area contributed by atoms with Crippen LogP contribution in [0.3, 0.4) is 0 Å². The van der Waals surface area contributed by atoms with Crippen LogP contribution in [-0.4, -0.2) is 41.5 Å². The molecule has 0 atom stereocenters. The molecule has 124 valence electrons. The number of hydrogen-bond donors (Lipinski definition) is 2. The number of anilines is 1. The number of benzene rings is 2. The molecule has 0 fully saturated rings. The number of halogens is 1. The molecule has 0 unspecified atom stereocenters. The SMILES string of the molecule is CCCN(CC(=O)O)CC(=O)Nc1cccc2ccccc12.Cl. The number of nitrogens with zero attached hydrogens (tertiary/aromatic N) is 1. The van der Waals surface area contributed by atoms with Gasteiger partial charge in [0.2, 0.25) is 5.91 Å². The molecular formula is C17H21ClN2O3. The number of carboxylic acids is 1. The quantitative estimate of drug-likeness (QED) is 0.815. The van der Waals surface area contributed by atoms with Gasteiger partial charge in [-0.05, 0) is 24.4 Å². The normalized spacial score (nSPS) is 10.3. The van der Waals surface area contributed by atoms with Gasteiger partial charge >= 0.3 is 5.97 Å². The molecule has 0 heterocycles. The summed E-state index contributed by atoms with van der Waals surface area (Å²) in [5.74, 6) is -1.13. The van der Waals surface area contributed by atoms with Crippen molar-refractivity contribution in [2.75, 3.05) is 25.0 Å². The average molecular weight is 337 g/mol. The highest BCUT2D eigenvalue weighted by molar-refractivity contribution is 6.02. The summed E-state index contributed by atoms with van der Waals surface area (Å²) in [5, 5.41) is 13.8. The number of nitrogens with one attached hydrogen (secondary N) is 1. The molecule has 6 heteroatoms. The average Bonchev–Trinajstić information content (AvgIpc) is 2.47. The van der Waals surface area contributed by atoms with Crippen LogP contribution < -0.4 is 5.32 Å². The van der Waals surface area contributed by atoms with Gasteiger partial charge in [-0.3, -0.25) is 14.5 Å². The van der Waals surface area contributed by atoms with E-state index in [0.29, 0.717) is 6.54 Å². The highest BCUT2D eigenvalue weighted by Crippen LogP contribution is 2.22. The summed E-state index contributed by atoms with van der Waals surface area (Å²) in [6, 6.07) is 13.5. The summed E-state index contributed by atoms with van der Waals surface area (Å²) >= 11 is 0. The lowest BCUT2D eigenvalue weighted by Crippen LogP contribution is -2.37. The van der Waals surface area contributed by atoms with Crippen LogP contribution in [0.1, 0.15) is 13.3 Å². The number of aliphatic carboxylic acids is 1. The Morgan fingerprint density at radius 1 is 1.09 bits per heavy atom. The van der Waals surface area contributed by atoms with Crippen molar-refractivity contribution in [3.05, 3.63) is 42.5 Å². The highest BCUT2D eigenvalue weighted by Gasteiger charge is 2.14. The molecule has 0 aromatic heterocycles. The van der Waals surface area contributed by atoms with Gasteiger partial charge in [0.25, 0.3) is 0 Å². The molecule has 1 amide bonds. The molecule has 0 saturated heterocycles. The zero-order chi connectivity index (χ0) is 15.9. The minimum Gasteiger partial charge on any atom is -0.480 e. The van der Waals surface area contributed by atoms with Crippen molar-refractivity contribution in [3.63, 3.8) is 0 Å². The molecule has 23 heavy (non-hydrogen) atoms. The Balaban J connectivity index is 0.00000264. The van der Waals surface area contributed by atoms with E-state index in [4.69, 9.17) is 5.11 Å². The fourth-order valence-electron chi connectivity index (χ4n) is 2.45. The van der Waals surface area contributed by atoms with E-state index < -0.39 is 5.97 Å². The third-order valence-electron chi connectivity index (χ3n) is 3.33. The summed E-state index contributed by atoms with van der Waals surface area (Å²) in [6.07, 6.45) is 0.800. The van der Waals surface area contributed by atoms with E-state index in [-0.39, 0.29) is 31.4 Å². The van der Waals surface area contributed by atoms with Crippen molar-refractivity contribution in [3.8, 4) is 0 Å². The minimum absolute atomic E-state index is 0. The molecule has 0 spiro atoms. The first-order chi connectivity index (χ1) is 10.6. The predicted octanol–water partition coefficient (Wildman–Crippen LogP) is 3.00. The monoisotopic (exact) mass is 336 g/mol. The molecule has 2 N–H and O–H groups in total. The highest BCUT2D eigenvalue weighted by atomic mass is 35.5. The van der Waals surface area contributed by atoms with E-state index in [0.717, 1.165) is 22.9 Å². The lowest BCUT2D eigenvalue weighted by molar-refractivity contribution is -0.138. The lowest BCUT2D eigenvalue weighted by atomic mass is 10.1. The maximum atomic E-state index is 12.2. The first-order valence-electron chi connectivity index (χ1n) is 7.32. The van der Waals surface area contributed by atoms with E-state index in [1.165, 1.54) is 0 Å². The number of rotatable bonds is 7. The number of carboxylic acid groups (broad SMARTS) is 1. The van der Waals surface area contributed by atoms with Crippen LogP contribution in [0.5, 0.6) is 0 Å². The van der Waals surface area contributed by atoms with Crippen molar-refractivity contribution < 1.29 is 14.7 Å². The Kier molecular flexibility index (Phi) is 7.51. The molecular weight excluding hydrogens is 316 g/mol. The van der Waals surface area contributed by atoms with E-state index >= 15 is 0 Å². The standard InChI is InChI=1S/C17H20N2O3.ClH/c1-2-10-19(12-17(21)22)11-16(20)18-15-9-5-7-13-6-3-4-8-14(13)15;/h3-9H,2,10-12H2,1H3,(H,18,20)(H,21,22);1H. The summed E-state index contributed by atoms with van der Waals surface area (Å²) < 4.78 is 0. The summed E-state index contributed by atoms with van der Waals surface area (Å²) in [4.78, 5) is 24.6. The number of carbonyl (C=O) groups is 2. The summed E-state index contributed by atoms with van der Waals surface area (Å²) in [7, 11) is 0. The van der Waals surface area contributed by atoms with Crippen LogP contribution in [0.4, 0.5) is 5.69 Å². The minimum atomic E-state index is -0.925. The first-order valence-corrected chi connectivity index (χ1v) is 7.32. The van der Waals surface area contributed by atoms with E-state index in [2.05, 4.69) is 5.32 Å². The van der Waals surface area contributed by atoms with Crippen molar-refractivity contribution in [1.82, 2.24) is 4.90 Å². The smallest absolute Gasteiger partial charge is 0.317 e. The fraction of sp³-hybridized carbons (Fsp3) is 0.294.